The summed E-state index contributed by atoms with van der Waals surface area (Å²) in [6.07, 6.45) is 0.0457. The maximum atomic E-state index is 13.4. The molecular weight excluding hydrogens is 430 g/mol. The molecule has 0 saturated carbocycles. The van der Waals surface area contributed by atoms with Gasteiger partial charge in [0, 0.05) is 9.92 Å². The first-order valence-corrected chi connectivity index (χ1v) is 11.0. The fraction of sp³-hybridized carbons (Fsp3) is 0.120. The van der Waals surface area contributed by atoms with Gasteiger partial charge in [-0.3, -0.25) is 9.59 Å². The minimum absolute atomic E-state index is 0.0457. The van der Waals surface area contributed by atoms with Crippen LogP contribution >= 0.6 is 23.4 Å². The third-order valence-electron chi connectivity index (χ3n) is 4.60. The van der Waals surface area contributed by atoms with Gasteiger partial charge in [0.05, 0.1) is 22.3 Å². The van der Waals surface area contributed by atoms with Crippen molar-refractivity contribution in [3.63, 3.8) is 0 Å². The molecule has 0 fully saturated rings. The van der Waals surface area contributed by atoms with Crippen LogP contribution in [0.25, 0.3) is 5.57 Å². The summed E-state index contributed by atoms with van der Waals surface area (Å²) in [5, 5.41) is 0.538. The molecule has 0 radical (unpaired) electrons. The van der Waals surface area contributed by atoms with Gasteiger partial charge in [-0.2, -0.15) is 0 Å². The van der Waals surface area contributed by atoms with E-state index < -0.39 is 0 Å². The molecule has 3 aromatic rings. The second kappa shape index (κ2) is 9.00. The lowest BCUT2D eigenvalue weighted by Gasteiger charge is -2.15. The zero-order valence-electron chi connectivity index (χ0n) is 17.0. The van der Waals surface area contributed by atoms with E-state index in [1.165, 1.54) is 16.7 Å². The molecule has 4 nitrogen and oxygen atoms in total. The molecule has 4 rings (SSSR count). The molecule has 0 saturated heterocycles. The quantitative estimate of drug-likeness (QED) is 0.420. The number of rotatable bonds is 6. The Morgan fingerprint density at radius 3 is 2.10 bits per heavy atom. The summed E-state index contributed by atoms with van der Waals surface area (Å²) >= 11 is 7.28. The average molecular weight is 450 g/mol. The number of anilines is 1. The Morgan fingerprint density at radius 2 is 1.48 bits per heavy atom. The first-order chi connectivity index (χ1) is 14.9. The van der Waals surface area contributed by atoms with E-state index in [1.54, 1.807) is 24.3 Å². The van der Waals surface area contributed by atoms with Crippen LogP contribution in [-0.4, -0.2) is 17.9 Å². The maximum Gasteiger partial charge on any atom is 0.272 e. The van der Waals surface area contributed by atoms with Crippen LogP contribution in [0.15, 0.2) is 88.7 Å². The summed E-state index contributed by atoms with van der Waals surface area (Å²) < 4.78 is 5.71. The lowest BCUT2D eigenvalue weighted by atomic mass is 10.1. The predicted molar refractivity (Wildman–Crippen MR) is 125 cm³/mol. The van der Waals surface area contributed by atoms with Crippen LogP contribution in [0.1, 0.15) is 19.4 Å². The summed E-state index contributed by atoms with van der Waals surface area (Å²) in [6, 6.07) is 23.5. The number of amides is 2. The molecule has 1 heterocycles. The van der Waals surface area contributed by atoms with Crippen molar-refractivity contribution in [2.45, 2.75) is 24.8 Å². The van der Waals surface area contributed by atoms with Crippen molar-refractivity contribution < 1.29 is 14.3 Å². The van der Waals surface area contributed by atoms with Crippen molar-refractivity contribution in [1.82, 2.24) is 0 Å². The van der Waals surface area contributed by atoms with E-state index in [1.807, 2.05) is 68.4 Å². The summed E-state index contributed by atoms with van der Waals surface area (Å²) in [6.45, 7) is 3.91. The minimum atomic E-state index is -0.358. The summed E-state index contributed by atoms with van der Waals surface area (Å²) in [5.74, 6) is 0.00454. The number of carbonyl (C=O) groups excluding carboxylic acids is 2. The fourth-order valence-corrected chi connectivity index (χ4v) is 4.40. The van der Waals surface area contributed by atoms with Crippen LogP contribution in [0.3, 0.4) is 0 Å². The number of carbonyl (C=O) groups is 2. The zero-order valence-corrected chi connectivity index (χ0v) is 18.6. The molecule has 6 heteroatoms. The monoisotopic (exact) mass is 449 g/mol. The van der Waals surface area contributed by atoms with E-state index in [2.05, 4.69) is 0 Å². The van der Waals surface area contributed by atoms with E-state index in [0.717, 1.165) is 4.90 Å². The first-order valence-electron chi connectivity index (χ1n) is 9.82. The number of benzene rings is 3. The molecule has 0 atom stereocenters. The van der Waals surface area contributed by atoms with Gasteiger partial charge in [0.25, 0.3) is 11.8 Å². The molecule has 3 aromatic carbocycles. The number of nitrogens with zero attached hydrogens (tertiary/aromatic N) is 1. The van der Waals surface area contributed by atoms with Gasteiger partial charge in [-0.1, -0.05) is 53.7 Å². The second-order valence-electron chi connectivity index (χ2n) is 7.23. The van der Waals surface area contributed by atoms with Crippen molar-refractivity contribution in [1.29, 1.82) is 0 Å². The summed E-state index contributed by atoms with van der Waals surface area (Å²) in [4.78, 5) is 29.3. The van der Waals surface area contributed by atoms with Gasteiger partial charge in [0.2, 0.25) is 0 Å². The van der Waals surface area contributed by atoms with Gasteiger partial charge in [-0.25, -0.2) is 4.90 Å². The molecule has 156 valence electrons. The largest absolute Gasteiger partial charge is 0.491 e. The fourth-order valence-electron chi connectivity index (χ4n) is 3.26. The Kier molecular flexibility index (Phi) is 6.16. The number of hydrogen-bond donors (Lipinski definition) is 0. The Bertz CT molecular complexity index is 1140. The SMILES string of the molecule is CC(C)Oc1ccc(C2=C(Sc3ccccc3)C(=O)N(c3ccc(Cl)cc3)C2=O)cc1. The highest BCUT2D eigenvalue weighted by Gasteiger charge is 2.40. The van der Waals surface area contributed by atoms with Gasteiger partial charge in [-0.05, 0) is 67.9 Å². The van der Waals surface area contributed by atoms with Crippen LogP contribution in [-0.2, 0) is 9.59 Å². The molecule has 0 N–H and O–H groups in total. The van der Waals surface area contributed by atoms with Crippen molar-refractivity contribution in [3.8, 4) is 5.75 Å². The average Bonchev–Trinajstić information content (AvgIpc) is 2.99. The number of ether oxygens (including phenoxy) is 1. The van der Waals surface area contributed by atoms with Gasteiger partial charge in [0.1, 0.15) is 5.75 Å². The Labute approximate surface area is 190 Å². The first kappa shape index (κ1) is 21.2. The Hall–Kier alpha value is -3.02. The minimum Gasteiger partial charge on any atom is -0.491 e. The molecule has 1 aliphatic heterocycles. The highest BCUT2D eigenvalue weighted by Crippen LogP contribution is 2.41. The molecule has 2 amide bonds. The van der Waals surface area contributed by atoms with Crippen molar-refractivity contribution in [3.05, 3.63) is 94.4 Å². The molecule has 0 spiro atoms. The van der Waals surface area contributed by atoms with Crippen LogP contribution in [0.4, 0.5) is 5.69 Å². The van der Waals surface area contributed by atoms with Gasteiger partial charge >= 0.3 is 0 Å². The molecule has 0 bridgehead atoms. The smallest absolute Gasteiger partial charge is 0.272 e. The topological polar surface area (TPSA) is 46.6 Å². The van der Waals surface area contributed by atoms with E-state index in [0.29, 0.717) is 32.5 Å². The standard InChI is InChI=1S/C25H20ClNO3S/c1-16(2)30-20-14-8-17(9-15-20)22-23(31-21-6-4-3-5-7-21)25(29)27(24(22)28)19-12-10-18(26)11-13-19/h3-16H,1-2H3. The second-order valence-corrected chi connectivity index (χ2v) is 8.75. The van der Waals surface area contributed by atoms with Gasteiger partial charge in [0.15, 0.2) is 0 Å². The highest BCUT2D eigenvalue weighted by atomic mass is 35.5. The number of hydrogen-bond acceptors (Lipinski definition) is 4. The molecule has 1 aliphatic rings. The van der Waals surface area contributed by atoms with Crippen molar-refractivity contribution >= 4 is 46.4 Å². The highest BCUT2D eigenvalue weighted by molar-refractivity contribution is 8.04. The molecule has 0 unspecified atom stereocenters. The lowest BCUT2D eigenvalue weighted by molar-refractivity contribution is -0.119. The predicted octanol–water partition coefficient (Wildman–Crippen LogP) is 6.20. The van der Waals surface area contributed by atoms with Crippen LogP contribution < -0.4 is 9.64 Å². The third-order valence-corrected chi connectivity index (χ3v) is 5.95. The van der Waals surface area contributed by atoms with Crippen LogP contribution in [0.2, 0.25) is 5.02 Å². The van der Waals surface area contributed by atoms with Crippen molar-refractivity contribution in [2.75, 3.05) is 4.90 Å². The van der Waals surface area contributed by atoms with Crippen LogP contribution in [0.5, 0.6) is 5.75 Å². The Balaban J connectivity index is 1.76. The molecule has 31 heavy (non-hydrogen) atoms. The molecule has 0 aromatic heterocycles. The van der Waals surface area contributed by atoms with Gasteiger partial charge in [-0.15, -0.1) is 0 Å². The molecule has 0 aliphatic carbocycles. The number of thioether (sulfide) groups is 1. The van der Waals surface area contributed by atoms with E-state index >= 15 is 0 Å². The van der Waals surface area contributed by atoms with Gasteiger partial charge < -0.3 is 4.74 Å². The van der Waals surface area contributed by atoms with Crippen LogP contribution in [0, 0.1) is 0 Å². The molecular formula is C25H20ClNO3S. The van der Waals surface area contributed by atoms with E-state index in [-0.39, 0.29) is 17.9 Å². The lowest BCUT2D eigenvalue weighted by Crippen LogP contribution is -2.31. The van der Waals surface area contributed by atoms with E-state index in [4.69, 9.17) is 16.3 Å². The maximum absolute atomic E-state index is 13.4. The summed E-state index contributed by atoms with van der Waals surface area (Å²) in [5.41, 5.74) is 1.54. The van der Waals surface area contributed by atoms with Crippen molar-refractivity contribution in [2.24, 2.45) is 0 Å². The zero-order chi connectivity index (χ0) is 22.0. The summed E-state index contributed by atoms with van der Waals surface area (Å²) in [7, 11) is 0. The number of imide groups is 1. The third kappa shape index (κ3) is 4.53. The Morgan fingerprint density at radius 1 is 0.839 bits per heavy atom. The normalized spacial score (nSPS) is 14.0. The van der Waals surface area contributed by atoms with E-state index in [9.17, 15) is 9.59 Å². The number of halogens is 1.